The zero-order valence-electron chi connectivity index (χ0n) is 19.3. The van der Waals surface area contributed by atoms with Gasteiger partial charge < -0.3 is 9.40 Å². The number of rotatable bonds is 6. The first-order valence-electron chi connectivity index (χ1n) is 11.5. The highest BCUT2D eigenvalue weighted by molar-refractivity contribution is 5.83. The Kier molecular flexibility index (Phi) is 6.31. The van der Waals surface area contributed by atoms with E-state index in [-0.39, 0.29) is 28.5 Å². The molecule has 0 unspecified atom stereocenters. The van der Waals surface area contributed by atoms with Crippen molar-refractivity contribution in [3.8, 4) is 22.6 Å². The molecule has 0 aliphatic rings. The maximum atomic E-state index is 13.3. The molecule has 0 bridgehead atoms. The van der Waals surface area contributed by atoms with Gasteiger partial charge in [-0.05, 0) is 48.7 Å². The predicted octanol–water partition coefficient (Wildman–Crippen LogP) is 8.70. The van der Waals surface area contributed by atoms with E-state index < -0.39 is 23.5 Å². The second-order valence-electron chi connectivity index (χ2n) is 8.66. The van der Waals surface area contributed by atoms with Gasteiger partial charge in [0.05, 0.1) is 11.1 Å². The van der Waals surface area contributed by atoms with Gasteiger partial charge in [-0.3, -0.25) is 0 Å². The topological polar surface area (TPSA) is 41.8 Å². The van der Waals surface area contributed by atoms with Crippen LogP contribution in [0, 0.1) is 0 Å². The molecule has 3 nitrogen and oxygen atoms in total. The van der Waals surface area contributed by atoms with Gasteiger partial charge in [-0.15, -0.1) is 0 Å². The van der Waals surface area contributed by atoms with Gasteiger partial charge >= 0.3 is 12.4 Å². The van der Waals surface area contributed by atoms with Crippen LogP contribution in [-0.2, 0) is 25.2 Å². The zero-order chi connectivity index (χ0) is 26.2. The Morgan fingerprint density at radius 1 is 0.730 bits per heavy atom. The summed E-state index contributed by atoms with van der Waals surface area (Å²) in [6.07, 6.45) is -5.60. The smallest absolute Gasteiger partial charge is 0.416 e. The molecule has 3 aromatic carbocycles. The fraction of sp³-hybridized carbons (Fsp3) is 0.179. The summed E-state index contributed by atoms with van der Waals surface area (Å²) in [6.45, 7) is 0. The van der Waals surface area contributed by atoms with E-state index >= 15 is 0 Å². The summed E-state index contributed by atoms with van der Waals surface area (Å²) in [5, 5.41) is 1.09. The van der Waals surface area contributed by atoms with Crippen molar-refractivity contribution in [2.45, 2.75) is 31.6 Å². The Balaban J connectivity index is 1.49. The first-order valence-corrected chi connectivity index (χ1v) is 11.5. The van der Waals surface area contributed by atoms with E-state index in [1.807, 2.05) is 30.5 Å². The quantitative estimate of drug-likeness (QED) is 0.230. The first kappa shape index (κ1) is 24.7. The van der Waals surface area contributed by atoms with Crippen LogP contribution in [0.1, 0.15) is 29.0 Å². The van der Waals surface area contributed by atoms with E-state index in [2.05, 4.69) is 9.97 Å². The highest BCUT2D eigenvalue weighted by Gasteiger charge is 2.32. The van der Waals surface area contributed by atoms with E-state index in [0.29, 0.717) is 19.3 Å². The molecule has 0 aliphatic carbocycles. The van der Waals surface area contributed by atoms with Gasteiger partial charge in [-0.2, -0.15) is 26.3 Å². The normalized spacial score (nSPS) is 12.4. The lowest BCUT2D eigenvalue weighted by molar-refractivity contribution is -0.138. The molecule has 37 heavy (non-hydrogen) atoms. The van der Waals surface area contributed by atoms with Crippen LogP contribution in [0.15, 0.2) is 83.4 Å². The van der Waals surface area contributed by atoms with Gasteiger partial charge in [0.25, 0.3) is 0 Å². The van der Waals surface area contributed by atoms with Crippen molar-refractivity contribution in [3.63, 3.8) is 0 Å². The number of hydrogen-bond acceptors (Lipinski definition) is 2. The standard InChI is InChI=1S/C28H20F6N2O/c29-27(30,31)20-9-3-6-17(14-20)25-26(18-7-4-10-21(15-18)28(32,33)34)37-24(36-25)13-5-8-19-16-35-23-12-2-1-11-22(19)23/h1-4,6-7,9-12,14-16,35H,5,8,13H2. The van der Waals surface area contributed by atoms with Crippen molar-refractivity contribution in [1.29, 1.82) is 0 Å². The van der Waals surface area contributed by atoms with Gasteiger partial charge in [0.15, 0.2) is 11.7 Å². The molecule has 5 rings (SSSR count). The zero-order valence-corrected chi connectivity index (χ0v) is 19.3. The van der Waals surface area contributed by atoms with Crippen molar-refractivity contribution in [2.75, 3.05) is 0 Å². The number of nitrogens with zero attached hydrogens (tertiary/aromatic N) is 1. The maximum Gasteiger partial charge on any atom is 0.416 e. The van der Waals surface area contributed by atoms with Crippen LogP contribution in [-0.4, -0.2) is 9.97 Å². The van der Waals surface area contributed by atoms with Gasteiger partial charge in [0.2, 0.25) is 0 Å². The van der Waals surface area contributed by atoms with Gasteiger partial charge in [-0.1, -0.05) is 42.5 Å². The number of halogens is 6. The summed E-state index contributed by atoms with van der Waals surface area (Å²) < 4.78 is 85.9. The number of oxazole rings is 1. The summed E-state index contributed by atoms with van der Waals surface area (Å²) in [4.78, 5) is 7.63. The molecule has 0 fully saturated rings. The molecule has 5 aromatic rings. The summed E-state index contributed by atoms with van der Waals surface area (Å²) in [5.74, 6) is 0.229. The summed E-state index contributed by atoms with van der Waals surface area (Å²) in [7, 11) is 0. The number of aromatic nitrogens is 2. The molecule has 9 heteroatoms. The SMILES string of the molecule is FC(F)(F)c1cccc(-c2nc(CCCc3c[nH]c4ccccc34)oc2-c2cccc(C(F)(F)F)c2)c1. The molecule has 2 aromatic heterocycles. The van der Waals surface area contributed by atoms with Gasteiger partial charge in [0.1, 0.15) is 5.69 Å². The third kappa shape index (κ3) is 5.26. The molecular formula is C28H20F6N2O. The third-order valence-corrected chi connectivity index (χ3v) is 6.10. The lowest BCUT2D eigenvalue weighted by atomic mass is 10.0. The third-order valence-electron chi connectivity index (χ3n) is 6.10. The number of nitrogens with one attached hydrogen (secondary N) is 1. The number of aryl methyl sites for hydroxylation is 2. The summed E-state index contributed by atoms with van der Waals surface area (Å²) in [6, 6.07) is 16.8. The van der Waals surface area contributed by atoms with Crippen molar-refractivity contribution in [1.82, 2.24) is 9.97 Å². The minimum absolute atomic E-state index is 0.00693. The number of hydrogen-bond donors (Lipinski definition) is 1. The van der Waals surface area contributed by atoms with Gasteiger partial charge in [-0.25, -0.2) is 4.98 Å². The predicted molar refractivity (Wildman–Crippen MR) is 128 cm³/mol. The molecular weight excluding hydrogens is 494 g/mol. The second-order valence-corrected chi connectivity index (χ2v) is 8.66. The number of aromatic amines is 1. The van der Waals surface area contributed by atoms with Crippen LogP contribution in [0.5, 0.6) is 0 Å². The van der Waals surface area contributed by atoms with Crippen molar-refractivity contribution in [2.24, 2.45) is 0 Å². The Bertz CT molecular complexity index is 1470. The monoisotopic (exact) mass is 514 g/mol. The summed E-state index contributed by atoms with van der Waals surface area (Å²) in [5.41, 5.74) is 0.575. The van der Waals surface area contributed by atoms with Gasteiger partial charge in [0, 0.05) is 34.6 Å². The minimum atomic E-state index is -4.59. The molecule has 190 valence electrons. The molecule has 0 spiro atoms. The van der Waals surface area contributed by atoms with Crippen molar-refractivity contribution >= 4 is 10.9 Å². The van der Waals surface area contributed by atoms with Crippen LogP contribution >= 0.6 is 0 Å². The van der Waals surface area contributed by atoms with E-state index in [0.717, 1.165) is 40.7 Å². The maximum absolute atomic E-state index is 13.3. The number of fused-ring (bicyclic) bond motifs is 1. The van der Waals surface area contributed by atoms with Crippen LogP contribution in [0.4, 0.5) is 26.3 Å². The number of benzene rings is 3. The molecule has 0 aliphatic heterocycles. The molecule has 2 heterocycles. The van der Waals surface area contributed by atoms with Crippen molar-refractivity contribution < 1.29 is 30.8 Å². The molecule has 0 saturated carbocycles. The fourth-order valence-corrected chi connectivity index (χ4v) is 4.31. The fourth-order valence-electron chi connectivity index (χ4n) is 4.31. The number of H-pyrrole nitrogens is 1. The average Bonchev–Trinajstić information content (AvgIpc) is 3.48. The Labute approximate surface area is 207 Å². The minimum Gasteiger partial charge on any atom is -0.440 e. The molecule has 0 saturated heterocycles. The number of para-hydroxylation sites is 1. The lowest BCUT2D eigenvalue weighted by Gasteiger charge is -2.10. The first-order chi connectivity index (χ1) is 17.6. The Morgan fingerprint density at radius 2 is 1.38 bits per heavy atom. The molecule has 0 amide bonds. The highest BCUT2D eigenvalue weighted by atomic mass is 19.4. The van der Waals surface area contributed by atoms with Crippen LogP contribution in [0.2, 0.25) is 0 Å². The van der Waals surface area contributed by atoms with Crippen molar-refractivity contribution in [3.05, 3.63) is 102 Å². The van der Waals surface area contributed by atoms with Crippen LogP contribution in [0.3, 0.4) is 0 Å². The lowest BCUT2D eigenvalue weighted by Crippen LogP contribution is -2.05. The Hall–Kier alpha value is -4.01. The second kappa shape index (κ2) is 9.46. The largest absolute Gasteiger partial charge is 0.440 e. The molecule has 0 radical (unpaired) electrons. The van der Waals surface area contributed by atoms with E-state index in [1.165, 1.54) is 24.3 Å². The van der Waals surface area contributed by atoms with E-state index in [9.17, 15) is 26.3 Å². The Morgan fingerprint density at radius 3 is 2.08 bits per heavy atom. The molecule has 1 N–H and O–H groups in total. The number of alkyl halides is 6. The highest BCUT2D eigenvalue weighted by Crippen LogP contribution is 2.38. The van der Waals surface area contributed by atoms with Crippen LogP contribution in [0.25, 0.3) is 33.5 Å². The van der Waals surface area contributed by atoms with E-state index in [4.69, 9.17) is 4.42 Å². The summed E-state index contributed by atoms with van der Waals surface area (Å²) >= 11 is 0. The molecule has 0 atom stereocenters. The van der Waals surface area contributed by atoms with E-state index in [1.54, 1.807) is 0 Å². The van der Waals surface area contributed by atoms with Crippen LogP contribution < -0.4 is 0 Å². The average molecular weight is 514 g/mol.